The van der Waals surface area contributed by atoms with Crippen LogP contribution in [0, 0.1) is 0 Å². The summed E-state index contributed by atoms with van der Waals surface area (Å²) in [4.78, 5) is 4.42. The first-order chi connectivity index (χ1) is 12.0. The van der Waals surface area contributed by atoms with E-state index in [4.69, 9.17) is 15.2 Å². The lowest BCUT2D eigenvalue weighted by Gasteiger charge is -2.11. The number of ether oxygens (including phenoxy) is 2. The molecular formula is C16H26N4O4S. The molecule has 1 saturated heterocycles. The molecular weight excluding hydrogens is 344 g/mol. The molecule has 1 aliphatic heterocycles. The minimum Gasteiger partial charge on any atom is -0.383 e. The van der Waals surface area contributed by atoms with Gasteiger partial charge in [-0.15, -0.1) is 0 Å². The van der Waals surface area contributed by atoms with Gasteiger partial charge < -0.3 is 20.5 Å². The van der Waals surface area contributed by atoms with E-state index in [1.165, 1.54) is 0 Å². The summed E-state index contributed by atoms with van der Waals surface area (Å²) in [7, 11) is -1.92. The summed E-state index contributed by atoms with van der Waals surface area (Å²) in [6.07, 6.45) is 1.83. The summed E-state index contributed by atoms with van der Waals surface area (Å²) in [5.41, 5.74) is 6.60. The second-order valence-electron chi connectivity index (χ2n) is 5.75. The summed E-state index contributed by atoms with van der Waals surface area (Å²) in [6, 6.07) is 6.59. The van der Waals surface area contributed by atoms with E-state index in [1.807, 2.05) is 0 Å². The van der Waals surface area contributed by atoms with E-state index in [2.05, 4.69) is 15.0 Å². The van der Waals surface area contributed by atoms with Crippen molar-refractivity contribution < 1.29 is 17.9 Å². The predicted octanol–water partition coefficient (Wildman–Crippen LogP) is 0.195. The van der Waals surface area contributed by atoms with Crippen LogP contribution in [0.1, 0.15) is 18.4 Å². The lowest BCUT2D eigenvalue weighted by atomic mass is 10.2. The summed E-state index contributed by atoms with van der Waals surface area (Å²) in [6.45, 7) is 2.50. The summed E-state index contributed by atoms with van der Waals surface area (Å²) >= 11 is 0. The van der Waals surface area contributed by atoms with Gasteiger partial charge in [0, 0.05) is 26.8 Å². The van der Waals surface area contributed by atoms with E-state index in [9.17, 15) is 8.42 Å². The zero-order valence-corrected chi connectivity index (χ0v) is 15.2. The van der Waals surface area contributed by atoms with Gasteiger partial charge >= 0.3 is 0 Å². The van der Waals surface area contributed by atoms with Gasteiger partial charge in [-0.25, -0.2) is 18.1 Å². The van der Waals surface area contributed by atoms with Gasteiger partial charge in [-0.1, -0.05) is 12.1 Å². The largest absolute Gasteiger partial charge is 0.383 e. The predicted molar refractivity (Wildman–Crippen MR) is 95.8 cm³/mol. The lowest BCUT2D eigenvalue weighted by molar-refractivity contribution is 0.114. The number of sulfonamides is 1. The van der Waals surface area contributed by atoms with Gasteiger partial charge in [0.2, 0.25) is 10.0 Å². The molecule has 0 saturated carbocycles. The van der Waals surface area contributed by atoms with Gasteiger partial charge in [-0.3, -0.25) is 0 Å². The molecule has 1 fully saturated rings. The number of rotatable bonds is 9. The van der Waals surface area contributed by atoms with E-state index >= 15 is 0 Å². The number of benzene rings is 1. The van der Waals surface area contributed by atoms with Crippen LogP contribution in [-0.2, 0) is 26.0 Å². The number of nitrogens with one attached hydrogen (secondary N) is 2. The Kier molecular flexibility index (Phi) is 7.63. The molecule has 0 spiro atoms. The van der Waals surface area contributed by atoms with E-state index in [0.717, 1.165) is 18.4 Å². The Balaban J connectivity index is 1.86. The summed E-state index contributed by atoms with van der Waals surface area (Å²) in [5, 5.41) is 2.92. The van der Waals surface area contributed by atoms with Crippen molar-refractivity contribution in [2.75, 3.05) is 33.4 Å². The molecule has 0 bridgehead atoms. The third-order valence-corrected chi connectivity index (χ3v) is 5.24. The number of guanidine groups is 1. The number of nitrogens with two attached hydrogens (primary N) is 1. The van der Waals surface area contributed by atoms with Gasteiger partial charge in [0.05, 0.1) is 24.2 Å². The molecule has 140 valence electrons. The molecule has 9 heteroatoms. The van der Waals surface area contributed by atoms with Crippen molar-refractivity contribution in [2.45, 2.75) is 30.4 Å². The first kappa shape index (κ1) is 19.6. The Bertz CT molecular complexity index is 655. The fraction of sp³-hybridized carbons (Fsp3) is 0.562. The molecule has 0 aliphatic carbocycles. The van der Waals surface area contributed by atoms with Gasteiger partial charge in [-0.05, 0) is 30.5 Å². The van der Waals surface area contributed by atoms with Crippen molar-refractivity contribution in [3.8, 4) is 0 Å². The quantitative estimate of drug-likeness (QED) is 0.325. The Morgan fingerprint density at radius 3 is 2.80 bits per heavy atom. The molecule has 0 aromatic heterocycles. The van der Waals surface area contributed by atoms with Crippen molar-refractivity contribution in [2.24, 2.45) is 10.7 Å². The minimum absolute atomic E-state index is 0.0306. The van der Waals surface area contributed by atoms with Gasteiger partial charge in [0.15, 0.2) is 5.96 Å². The van der Waals surface area contributed by atoms with Crippen molar-refractivity contribution in [1.82, 2.24) is 10.0 Å². The van der Waals surface area contributed by atoms with Crippen LogP contribution >= 0.6 is 0 Å². The topological polar surface area (TPSA) is 115 Å². The highest BCUT2D eigenvalue weighted by Crippen LogP contribution is 2.14. The molecule has 2 rings (SSSR count). The van der Waals surface area contributed by atoms with Crippen LogP contribution in [0.3, 0.4) is 0 Å². The first-order valence-corrected chi connectivity index (χ1v) is 9.72. The highest BCUT2D eigenvalue weighted by atomic mass is 32.2. The lowest BCUT2D eigenvalue weighted by Crippen LogP contribution is -2.34. The third kappa shape index (κ3) is 6.62. The SMILES string of the molecule is COCCNC(N)=NCc1ccc(S(=O)(=O)NCC2CCCO2)cc1. The maximum Gasteiger partial charge on any atom is 0.240 e. The molecule has 1 atom stereocenters. The summed E-state index contributed by atoms with van der Waals surface area (Å²) < 4.78 is 37.5. The van der Waals surface area contributed by atoms with Crippen LogP contribution < -0.4 is 15.8 Å². The Hall–Kier alpha value is -1.68. The summed E-state index contributed by atoms with van der Waals surface area (Å²) in [5.74, 6) is 0.326. The number of hydrogen-bond donors (Lipinski definition) is 3. The molecule has 1 heterocycles. The maximum atomic E-state index is 12.3. The average molecular weight is 370 g/mol. The standard InChI is InChI=1S/C16H26N4O4S/c1-23-10-8-18-16(17)19-11-13-4-6-15(7-5-13)25(21,22)20-12-14-3-2-9-24-14/h4-7,14,20H,2-3,8-12H2,1H3,(H3,17,18,19). The maximum absolute atomic E-state index is 12.3. The highest BCUT2D eigenvalue weighted by molar-refractivity contribution is 7.89. The van der Waals surface area contributed by atoms with Crippen LogP contribution in [0.2, 0.25) is 0 Å². The smallest absolute Gasteiger partial charge is 0.240 e. The van der Waals surface area contributed by atoms with Crippen LogP contribution in [0.25, 0.3) is 0 Å². The second-order valence-corrected chi connectivity index (χ2v) is 7.52. The zero-order valence-electron chi connectivity index (χ0n) is 14.4. The van der Waals surface area contributed by atoms with Crippen LogP contribution in [-0.4, -0.2) is 53.9 Å². The van der Waals surface area contributed by atoms with Crippen LogP contribution in [0.5, 0.6) is 0 Å². The minimum atomic E-state index is -3.53. The number of hydrogen-bond acceptors (Lipinski definition) is 5. The van der Waals surface area contributed by atoms with Crippen molar-refractivity contribution >= 4 is 16.0 Å². The Labute approximate surface area is 148 Å². The number of nitrogens with zero attached hydrogens (tertiary/aromatic N) is 1. The number of methoxy groups -OCH3 is 1. The zero-order chi connectivity index (χ0) is 18.1. The molecule has 1 aromatic rings. The van der Waals surface area contributed by atoms with Gasteiger partial charge in [0.25, 0.3) is 0 Å². The fourth-order valence-electron chi connectivity index (χ4n) is 2.38. The number of aliphatic imine (C=N–C) groups is 1. The molecule has 0 amide bonds. The Morgan fingerprint density at radius 1 is 1.40 bits per heavy atom. The first-order valence-electron chi connectivity index (χ1n) is 8.24. The second kappa shape index (κ2) is 9.71. The van der Waals surface area contributed by atoms with E-state index in [-0.39, 0.29) is 11.0 Å². The van der Waals surface area contributed by atoms with Crippen molar-refractivity contribution in [1.29, 1.82) is 0 Å². The molecule has 1 aliphatic rings. The van der Waals surface area contributed by atoms with Gasteiger partial charge in [0.1, 0.15) is 0 Å². The molecule has 25 heavy (non-hydrogen) atoms. The molecule has 4 N–H and O–H groups in total. The molecule has 1 aromatic carbocycles. The van der Waals surface area contributed by atoms with Crippen molar-refractivity contribution in [3.63, 3.8) is 0 Å². The average Bonchev–Trinajstić information content (AvgIpc) is 3.12. The Morgan fingerprint density at radius 2 is 2.16 bits per heavy atom. The van der Waals surface area contributed by atoms with Crippen LogP contribution in [0.4, 0.5) is 0 Å². The molecule has 0 radical (unpaired) electrons. The van der Waals surface area contributed by atoms with E-state index in [1.54, 1.807) is 31.4 Å². The monoisotopic (exact) mass is 370 g/mol. The van der Waals surface area contributed by atoms with Crippen molar-refractivity contribution in [3.05, 3.63) is 29.8 Å². The molecule has 1 unspecified atom stereocenters. The third-order valence-electron chi connectivity index (χ3n) is 3.80. The van der Waals surface area contributed by atoms with E-state index in [0.29, 0.717) is 38.8 Å². The van der Waals surface area contributed by atoms with Gasteiger partial charge in [-0.2, -0.15) is 0 Å². The highest BCUT2D eigenvalue weighted by Gasteiger charge is 2.20. The fourth-order valence-corrected chi connectivity index (χ4v) is 3.45. The normalized spacial score (nSPS) is 18.4. The van der Waals surface area contributed by atoms with Crippen LogP contribution in [0.15, 0.2) is 34.2 Å². The van der Waals surface area contributed by atoms with E-state index < -0.39 is 10.0 Å². The molecule has 8 nitrogen and oxygen atoms in total.